The molecule has 0 aromatic carbocycles. The van der Waals surface area contributed by atoms with Gasteiger partial charge in [0.05, 0.1) is 13.7 Å². The van der Waals surface area contributed by atoms with Gasteiger partial charge in [-0.05, 0) is 30.7 Å². The van der Waals surface area contributed by atoms with Gasteiger partial charge in [0.25, 0.3) is 0 Å². The molecule has 0 aliphatic heterocycles. The van der Waals surface area contributed by atoms with Crippen molar-refractivity contribution < 1.29 is 14.3 Å². The molecule has 1 aromatic heterocycles. The molecule has 0 saturated heterocycles. The third kappa shape index (κ3) is 5.85. The van der Waals surface area contributed by atoms with E-state index < -0.39 is 0 Å². The van der Waals surface area contributed by atoms with E-state index in [9.17, 15) is 9.59 Å². The molecule has 0 radical (unpaired) electrons. The van der Waals surface area contributed by atoms with Crippen LogP contribution in [0.2, 0.25) is 0 Å². The Labute approximate surface area is 129 Å². The lowest BCUT2D eigenvalue weighted by atomic mass is 10.3. The standard InChI is InChI=1S/C15H22N2O3S/c1-20-15(19)5-2-8-16-14(18)11-17(12-6-7-12)10-13-4-3-9-21-13/h3-4,9,12H,2,5-8,10-11H2,1H3,(H,16,18). The quantitative estimate of drug-likeness (QED) is 0.558. The molecule has 0 unspecified atom stereocenters. The van der Waals surface area contributed by atoms with Crippen LogP contribution < -0.4 is 5.32 Å². The van der Waals surface area contributed by atoms with Crippen LogP contribution in [-0.4, -0.2) is 43.0 Å². The Bertz CT molecular complexity index is 457. The first-order chi connectivity index (χ1) is 10.2. The second kappa shape index (κ2) is 8.14. The molecule has 1 aliphatic carbocycles. The van der Waals surface area contributed by atoms with Crippen molar-refractivity contribution in [2.75, 3.05) is 20.2 Å². The maximum atomic E-state index is 12.0. The SMILES string of the molecule is COC(=O)CCCNC(=O)CN(Cc1cccs1)C1CC1. The van der Waals surface area contributed by atoms with E-state index in [4.69, 9.17) is 0 Å². The molecular weight excluding hydrogens is 288 g/mol. The van der Waals surface area contributed by atoms with E-state index in [1.54, 1.807) is 11.3 Å². The number of rotatable bonds is 9. The predicted molar refractivity (Wildman–Crippen MR) is 82.0 cm³/mol. The fourth-order valence-electron chi connectivity index (χ4n) is 2.16. The second-order valence-corrected chi connectivity index (χ2v) is 6.28. The van der Waals surface area contributed by atoms with E-state index in [0.717, 1.165) is 6.54 Å². The first kappa shape index (κ1) is 16.0. The van der Waals surface area contributed by atoms with Crippen molar-refractivity contribution in [2.45, 2.75) is 38.3 Å². The fourth-order valence-corrected chi connectivity index (χ4v) is 2.89. The van der Waals surface area contributed by atoms with Gasteiger partial charge in [0, 0.05) is 30.4 Å². The number of nitrogens with zero attached hydrogens (tertiary/aromatic N) is 1. The van der Waals surface area contributed by atoms with Crippen LogP contribution in [0.15, 0.2) is 17.5 Å². The lowest BCUT2D eigenvalue weighted by Gasteiger charge is -2.20. The lowest BCUT2D eigenvalue weighted by molar-refractivity contribution is -0.140. The van der Waals surface area contributed by atoms with Gasteiger partial charge in [-0.15, -0.1) is 11.3 Å². The third-order valence-corrected chi connectivity index (χ3v) is 4.32. The first-order valence-corrected chi connectivity index (χ1v) is 8.17. The first-order valence-electron chi connectivity index (χ1n) is 7.29. The molecule has 1 amide bonds. The van der Waals surface area contributed by atoms with E-state index in [1.807, 2.05) is 6.07 Å². The topological polar surface area (TPSA) is 58.6 Å². The molecule has 1 aliphatic rings. The minimum atomic E-state index is -0.235. The summed E-state index contributed by atoms with van der Waals surface area (Å²) in [6.45, 7) is 1.80. The number of hydrogen-bond donors (Lipinski definition) is 1. The van der Waals surface area contributed by atoms with Crippen LogP contribution in [0.1, 0.15) is 30.6 Å². The largest absolute Gasteiger partial charge is 0.469 e. The van der Waals surface area contributed by atoms with Gasteiger partial charge >= 0.3 is 5.97 Å². The van der Waals surface area contributed by atoms with Gasteiger partial charge in [0.1, 0.15) is 0 Å². The highest BCUT2D eigenvalue weighted by Gasteiger charge is 2.30. The van der Waals surface area contributed by atoms with Crippen molar-refractivity contribution >= 4 is 23.2 Å². The number of thiophene rings is 1. The Balaban J connectivity index is 1.68. The van der Waals surface area contributed by atoms with Gasteiger partial charge in [-0.1, -0.05) is 6.07 Å². The minimum absolute atomic E-state index is 0.0309. The number of carbonyl (C=O) groups is 2. The fraction of sp³-hybridized carbons (Fsp3) is 0.600. The third-order valence-electron chi connectivity index (χ3n) is 3.46. The molecule has 21 heavy (non-hydrogen) atoms. The van der Waals surface area contributed by atoms with Gasteiger partial charge in [-0.3, -0.25) is 14.5 Å². The van der Waals surface area contributed by atoms with Crippen molar-refractivity contribution in [1.82, 2.24) is 10.2 Å². The van der Waals surface area contributed by atoms with E-state index >= 15 is 0 Å². The lowest BCUT2D eigenvalue weighted by Crippen LogP contribution is -2.38. The van der Waals surface area contributed by atoms with Crippen LogP contribution in [0.3, 0.4) is 0 Å². The van der Waals surface area contributed by atoms with E-state index in [1.165, 1.54) is 24.8 Å². The number of esters is 1. The highest BCUT2D eigenvalue weighted by Crippen LogP contribution is 2.28. The Morgan fingerprint density at radius 1 is 1.48 bits per heavy atom. The Morgan fingerprint density at radius 2 is 2.29 bits per heavy atom. The average molecular weight is 310 g/mol. The molecule has 5 nitrogen and oxygen atoms in total. The van der Waals surface area contributed by atoms with Crippen LogP contribution in [0.4, 0.5) is 0 Å². The van der Waals surface area contributed by atoms with Crippen LogP contribution in [0.5, 0.6) is 0 Å². The molecule has 1 fully saturated rings. The summed E-state index contributed by atoms with van der Waals surface area (Å²) in [6, 6.07) is 4.69. The van der Waals surface area contributed by atoms with Gasteiger partial charge in [-0.25, -0.2) is 0 Å². The molecule has 0 spiro atoms. The minimum Gasteiger partial charge on any atom is -0.469 e. The molecule has 2 rings (SSSR count). The molecule has 1 heterocycles. The summed E-state index contributed by atoms with van der Waals surface area (Å²) in [5.74, 6) is -0.204. The summed E-state index contributed by atoms with van der Waals surface area (Å²) in [6.07, 6.45) is 3.33. The molecule has 1 N–H and O–H groups in total. The van der Waals surface area contributed by atoms with Gasteiger partial charge in [-0.2, -0.15) is 0 Å². The summed E-state index contributed by atoms with van der Waals surface area (Å²) in [5, 5.41) is 4.93. The van der Waals surface area contributed by atoms with Crippen LogP contribution in [-0.2, 0) is 20.9 Å². The summed E-state index contributed by atoms with van der Waals surface area (Å²) in [7, 11) is 1.37. The van der Waals surface area contributed by atoms with Crippen LogP contribution in [0, 0.1) is 0 Å². The summed E-state index contributed by atoms with van der Waals surface area (Å²) in [5.41, 5.74) is 0. The van der Waals surface area contributed by atoms with E-state index in [2.05, 4.69) is 26.4 Å². The molecule has 0 atom stereocenters. The predicted octanol–water partition coefficient (Wildman–Crippen LogP) is 1.78. The monoisotopic (exact) mass is 310 g/mol. The molecule has 116 valence electrons. The summed E-state index contributed by atoms with van der Waals surface area (Å²) < 4.78 is 4.56. The van der Waals surface area contributed by atoms with Gasteiger partial charge in [0.15, 0.2) is 0 Å². The van der Waals surface area contributed by atoms with Crippen molar-refractivity contribution in [3.05, 3.63) is 22.4 Å². The van der Waals surface area contributed by atoms with Crippen molar-refractivity contribution in [1.29, 1.82) is 0 Å². The maximum absolute atomic E-state index is 12.0. The number of hydrogen-bond acceptors (Lipinski definition) is 5. The Kier molecular flexibility index (Phi) is 6.20. The zero-order valence-electron chi connectivity index (χ0n) is 12.3. The summed E-state index contributed by atoms with van der Waals surface area (Å²) in [4.78, 5) is 26.5. The van der Waals surface area contributed by atoms with Gasteiger partial charge < -0.3 is 10.1 Å². The number of nitrogens with one attached hydrogen (secondary N) is 1. The molecule has 1 saturated carbocycles. The van der Waals surface area contributed by atoms with E-state index in [0.29, 0.717) is 32.0 Å². The normalized spacial score (nSPS) is 14.2. The van der Waals surface area contributed by atoms with Crippen molar-refractivity contribution in [2.24, 2.45) is 0 Å². The Hall–Kier alpha value is -1.40. The number of ether oxygens (including phenoxy) is 1. The zero-order chi connectivity index (χ0) is 15.1. The molecular formula is C15H22N2O3S. The maximum Gasteiger partial charge on any atom is 0.305 e. The number of carbonyl (C=O) groups excluding carboxylic acids is 2. The van der Waals surface area contributed by atoms with Crippen molar-refractivity contribution in [3.63, 3.8) is 0 Å². The van der Waals surface area contributed by atoms with Gasteiger partial charge in [0.2, 0.25) is 5.91 Å². The van der Waals surface area contributed by atoms with Crippen LogP contribution in [0.25, 0.3) is 0 Å². The highest BCUT2D eigenvalue weighted by molar-refractivity contribution is 7.09. The summed E-state index contributed by atoms with van der Waals surface area (Å²) >= 11 is 1.73. The highest BCUT2D eigenvalue weighted by atomic mass is 32.1. The molecule has 1 aromatic rings. The molecule has 0 bridgehead atoms. The molecule has 6 heteroatoms. The smallest absolute Gasteiger partial charge is 0.305 e. The number of amides is 1. The zero-order valence-corrected chi connectivity index (χ0v) is 13.2. The van der Waals surface area contributed by atoms with E-state index in [-0.39, 0.29) is 11.9 Å². The van der Waals surface area contributed by atoms with Crippen LogP contribution >= 0.6 is 11.3 Å². The Morgan fingerprint density at radius 3 is 2.90 bits per heavy atom. The number of methoxy groups -OCH3 is 1. The van der Waals surface area contributed by atoms with Crippen molar-refractivity contribution in [3.8, 4) is 0 Å². The second-order valence-electron chi connectivity index (χ2n) is 5.25. The average Bonchev–Trinajstić information content (AvgIpc) is 3.21.